The van der Waals surface area contributed by atoms with Crippen LogP contribution < -0.4 is 4.74 Å². The van der Waals surface area contributed by atoms with Gasteiger partial charge in [-0.1, -0.05) is 23.8 Å². The third-order valence-electron chi connectivity index (χ3n) is 4.61. The summed E-state index contributed by atoms with van der Waals surface area (Å²) in [5.74, 6) is -0.856. The summed E-state index contributed by atoms with van der Waals surface area (Å²) >= 11 is 0. The van der Waals surface area contributed by atoms with Crippen LogP contribution in [0.3, 0.4) is 0 Å². The summed E-state index contributed by atoms with van der Waals surface area (Å²) in [5.41, 5.74) is -4.82. The summed E-state index contributed by atoms with van der Waals surface area (Å²) in [4.78, 5) is 0. The lowest BCUT2D eigenvalue weighted by Crippen LogP contribution is -2.56. The monoisotopic (exact) mass is 360 g/mol. The SMILES string of the molecule is Cc1ccc2c(c1)C(C(F)(F)F)(C(F)(F)F)c1cc(C)c(C)cc1O2. The van der Waals surface area contributed by atoms with Crippen LogP contribution in [0.4, 0.5) is 26.3 Å². The number of fused-ring (bicyclic) bond motifs is 2. The van der Waals surface area contributed by atoms with E-state index in [0.29, 0.717) is 11.1 Å². The molecular weight excluding hydrogens is 346 g/mol. The average Bonchev–Trinajstić information content (AvgIpc) is 2.44. The lowest BCUT2D eigenvalue weighted by Gasteiger charge is -2.42. The van der Waals surface area contributed by atoms with Crippen LogP contribution in [0.2, 0.25) is 0 Å². The minimum Gasteiger partial charge on any atom is -0.457 e. The fourth-order valence-corrected chi connectivity index (χ4v) is 3.23. The molecule has 0 saturated carbocycles. The quantitative estimate of drug-likeness (QED) is 0.514. The molecule has 0 N–H and O–H groups in total. The number of hydrogen-bond acceptors (Lipinski definition) is 1. The van der Waals surface area contributed by atoms with Crippen LogP contribution in [0.1, 0.15) is 27.8 Å². The van der Waals surface area contributed by atoms with Crippen molar-refractivity contribution in [2.24, 2.45) is 0 Å². The molecule has 0 atom stereocenters. The van der Waals surface area contributed by atoms with E-state index < -0.39 is 40.4 Å². The standard InChI is InChI=1S/C18H14F6O/c1-9-4-5-14-12(6-9)16(17(19,20)21,18(22,23)24)13-7-10(2)11(3)8-15(13)25-14/h4-8H,1-3H3. The normalized spacial score (nSPS) is 16.0. The molecule has 1 aliphatic heterocycles. The van der Waals surface area contributed by atoms with E-state index >= 15 is 0 Å². The van der Waals surface area contributed by atoms with E-state index in [4.69, 9.17) is 4.74 Å². The summed E-state index contributed by atoms with van der Waals surface area (Å²) in [6.45, 7) is 4.51. The molecule has 25 heavy (non-hydrogen) atoms. The van der Waals surface area contributed by atoms with Gasteiger partial charge in [0.25, 0.3) is 0 Å². The third-order valence-corrected chi connectivity index (χ3v) is 4.61. The molecule has 0 bridgehead atoms. The molecule has 7 heteroatoms. The second-order valence-corrected chi connectivity index (χ2v) is 6.28. The second-order valence-electron chi connectivity index (χ2n) is 6.28. The number of benzene rings is 2. The number of hydrogen-bond donors (Lipinski definition) is 0. The van der Waals surface area contributed by atoms with Gasteiger partial charge in [-0.15, -0.1) is 0 Å². The van der Waals surface area contributed by atoms with Crippen LogP contribution >= 0.6 is 0 Å². The Hall–Kier alpha value is -2.18. The van der Waals surface area contributed by atoms with Crippen LogP contribution in [0.25, 0.3) is 0 Å². The fraction of sp³-hybridized carbons (Fsp3) is 0.333. The van der Waals surface area contributed by atoms with E-state index in [1.807, 2.05) is 0 Å². The van der Waals surface area contributed by atoms with Crippen molar-refractivity contribution < 1.29 is 31.1 Å². The lowest BCUT2D eigenvalue weighted by atomic mass is 9.70. The van der Waals surface area contributed by atoms with Gasteiger partial charge in [-0.25, -0.2) is 0 Å². The summed E-state index contributed by atoms with van der Waals surface area (Å²) in [6.07, 6.45) is -11.2. The first kappa shape index (κ1) is 17.6. The maximum Gasteiger partial charge on any atom is 0.411 e. The molecule has 0 spiro atoms. The number of rotatable bonds is 0. The van der Waals surface area contributed by atoms with Crippen LogP contribution in [-0.4, -0.2) is 12.4 Å². The molecule has 1 nitrogen and oxygen atoms in total. The smallest absolute Gasteiger partial charge is 0.411 e. The highest BCUT2D eigenvalue weighted by atomic mass is 19.4. The van der Waals surface area contributed by atoms with Gasteiger partial charge in [0.1, 0.15) is 11.5 Å². The van der Waals surface area contributed by atoms with Crippen molar-refractivity contribution in [3.8, 4) is 11.5 Å². The Morgan fingerprint density at radius 3 is 1.80 bits per heavy atom. The molecule has 0 amide bonds. The van der Waals surface area contributed by atoms with Gasteiger partial charge in [-0.3, -0.25) is 0 Å². The van der Waals surface area contributed by atoms with Crippen molar-refractivity contribution >= 4 is 0 Å². The molecule has 0 radical (unpaired) electrons. The van der Waals surface area contributed by atoms with Crippen LogP contribution in [0.5, 0.6) is 11.5 Å². The Labute approximate surface area is 140 Å². The van der Waals surface area contributed by atoms with Gasteiger partial charge in [0, 0.05) is 11.1 Å². The Morgan fingerprint density at radius 1 is 0.720 bits per heavy atom. The van der Waals surface area contributed by atoms with Gasteiger partial charge in [-0.2, -0.15) is 26.3 Å². The molecule has 0 fully saturated rings. The predicted molar refractivity (Wildman–Crippen MR) is 80.1 cm³/mol. The van der Waals surface area contributed by atoms with E-state index in [1.165, 1.54) is 26.0 Å². The van der Waals surface area contributed by atoms with E-state index in [0.717, 1.165) is 18.2 Å². The number of alkyl halides is 6. The lowest BCUT2D eigenvalue weighted by molar-refractivity contribution is -0.290. The second kappa shape index (κ2) is 5.16. The van der Waals surface area contributed by atoms with Crippen molar-refractivity contribution in [3.05, 3.63) is 58.1 Å². The highest BCUT2D eigenvalue weighted by molar-refractivity contribution is 5.62. The van der Waals surface area contributed by atoms with Crippen LogP contribution in [0.15, 0.2) is 30.3 Å². The maximum absolute atomic E-state index is 14.0. The Bertz CT molecular complexity index is 834. The summed E-state index contributed by atoms with van der Waals surface area (Å²) in [5, 5.41) is 0. The van der Waals surface area contributed by atoms with Crippen LogP contribution in [-0.2, 0) is 5.41 Å². The average molecular weight is 360 g/mol. The highest BCUT2D eigenvalue weighted by Gasteiger charge is 2.75. The predicted octanol–water partition coefficient (Wildman–Crippen LogP) is 6.13. The Balaban J connectivity index is 2.52. The molecule has 0 aliphatic carbocycles. The maximum atomic E-state index is 14.0. The molecular formula is C18H14F6O. The first-order chi connectivity index (χ1) is 11.4. The van der Waals surface area contributed by atoms with Gasteiger partial charge in [0.15, 0.2) is 0 Å². The first-order valence-electron chi connectivity index (χ1n) is 7.43. The highest BCUT2D eigenvalue weighted by Crippen LogP contribution is 2.62. The third kappa shape index (κ3) is 2.32. The number of halogens is 6. The largest absolute Gasteiger partial charge is 0.457 e. The minimum absolute atomic E-state index is 0.285. The summed E-state index contributed by atoms with van der Waals surface area (Å²) in [6, 6.07) is 5.61. The Kier molecular flexibility index (Phi) is 3.64. The van der Waals surface area contributed by atoms with Crippen molar-refractivity contribution in [2.45, 2.75) is 38.5 Å². The van der Waals surface area contributed by atoms with Gasteiger partial charge >= 0.3 is 12.4 Å². The van der Waals surface area contributed by atoms with Gasteiger partial charge in [-0.05, 0) is 44.0 Å². The Morgan fingerprint density at radius 2 is 1.24 bits per heavy atom. The van der Waals surface area contributed by atoms with E-state index in [2.05, 4.69) is 0 Å². The molecule has 3 rings (SSSR count). The number of aryl methyl sites for hydroxylation is 3. The molecule has 134 valence electrons. The zero-order valence-corrected chi connectivity index (χ0v) is 13.6. The zero-order valence-electron chi connectivity index (χ0n) is 13.6. The van der Waals surface area contributed by atoms with Crippen molar-refractivity contribution in [1.82, 2.24) is 0 Å². The molecule has 0 saturated heterocycles. The molecule has 1 heterocycles. The van der Waals surface area contributed by atoms with Gasteiger partial charge in [0.2, 0.25) is 5.41 Å². The van der Waals surface area contributed by atoms with E-state index in [-0.39, 0.29) is 5.56 Å². The molecule has 1 aliphatic rings. The summed E-state index contributed by atoms with van der Waals surface area (Å²) in [7, 11) is 0. The van der Waals surface area contributed by atoms with Crippen LogP contribution in [0, 0.1) is 20.8 Å². The molecule has 0 aromatic heterocycles. The zero-order chi connectivity index (χ0) is 18.8. The first-order valence-corrected chi connectivity index (χ1v) is 7.43. The minimum atomic E-state index is -5.59. The van der Waals surface area contributed by atoms with E-state index in [1.54, 1.807) is 6.92 Å². The van der Waals surface area contributed by atoms with Gasteiger partial charge in [0.05, 0.1) is 0 Å². The molecule has 2 aromatic carbocycles. The van der Waals surface area contributed by atoms with Gasteiger partial charge < -0.3 is 4.74 Å². The fourth-order valence-electron chi connectivity index (χ4n) is 3.23. The molecule has 2 aromatic rings. The summed E-state index contributed by atoms with van der Waals surface area (Å²) < 4.78 is 89.6. The van der Waals surface area contributed by atoms with E-state index in [9.17, 15) is 26.3 Å². The molecule has 0 unspecified atom stereocenters. The number of ether oxygens (including phenoxy) is 1. The van der Waals surface area contributed by atoms with Crippen molar-refractivity contribution in [3.63, 3.8) is 0 Å². The van der Waals surface area contributed by atoms with Crippen molar-refractivity contribution in [2.75, 3.05) is 0 Å². The van der Waals surface area contributed by atoms with Crippen molar-refractivity contribution in [1.29, 1.82) is 0 Å². The topological polar surface area (TPSA) is 9.23 Å².